The summed E-state index contributed by atoms with van der Waals surface area (Å²) in [6.07, 6.45) is 3.25. The molecule has 2 aliphatic heterocycles. The van der Waals surface area contributed by atoms with Crippen LogP contribution in [-0.2, 0) is 29.1 Å². The number of nitrogens with one attached hydrogen (secondary N) is 2. The van der Waals surface area contributed by atoms with Crippen LogP contribution in [0.3, 0.4) is 0 Å². The quantitative estimate of drug-likeness (QED) is 0.129. The summed E-state index contributed by atoms with van der Waals surface area (Å²) < 4.78 is 87.8. The van der Waals surface area contributed by atoms with E-state index in [4.69, 9.17) is 24.7 Å². The number of sulfonamides is 1. The van der Waals surface area contributed by atoms with E-state index in [-0.39, 0.29) is 35.5 Å². The Morgan fingerprint density at radius 2 is 1.75 bits per heavy atom. The highest BCUT2D eigenvalue weighted by Crippen LogP contribution is 2.46. The predicted octanol–water partition coefficient (Wildman–Crippen LogP) is 8.23. The van der Waals surface area contributed by atoms with Gasteiger partial charge in [0.1, 0.15) is 31.4 Å². The van der Waals surface area contributed by atoms with E-state index in [1.54, 1.807) is 31.3 Å². The predicted molar refractivity (Wildman–Crippen MR) is 239 cm³/mol. The van der Waals surface area contributed by atoms with E-state index in [9.17, 15) is 40.8 Å². The first kappa shape index (κ1) is 52.5. The molecule has 3 aliphatic rings. The van der Waals surface area contributed by atoms with Crippen molar-refractivity contribution >= 4 is 44.6 Å². The van der Waals surface area contributed by atoms with Crippen LogP contribution in [0.4, 0.5) is 18.0 Å². The minimum Gasteiger partial charge on any atom is -0.486 e. The summed E-state index contributed by atoms with van der Waals surface area (Å²) in [6, 6.07) is 2.91. The molecule has 0 bridgehead atoms. The molecule has 0 spiro atoms. The van der Waals surface area contributed by atoms with E-state index in [0.29, 0.717) is 67.6 Å². The SMILES string of the molecule is C/C=C\CC[C@H](C)C[C@@H](CC)C(NC(=O)OC(C)(C)C(F)(F)F)C(=O)N1C[C@H](Oc2nccc3c4c(ccc23)OCCO4)C[C@H]1C(N)=O.CC.CCC(=O)NS(=O)(=O)C1(CC)CC1.[HH].[HH].[HH]. The first-order valence-electron chi connectivity index (χ1n) is 21.8. The fraction of sp³-hybridized carbons (Fsp3) is 0.659. The van der Waals surface area contributed by atoms with Crippen molar-refractivity contribution in [3.8, 4) is 17.4 Å². The van der Waals surface area contributed by atoms with Crippen molar-refractivity contribution in [2.75, 3.05) is 19.8 Å². The number of likely N-dealkylation sites (tertiary alicyclic amines) is 1. The second kappa shape index (κ2) is 22.7. The first-order valence-corrected chi connectivity index (χ1v) is 23.3. The molecule has 5 atom stereocenters. The van der Waals surface area contributed by atoms with Gasteiger partial charge in [0, 0.05) is 34.1 Å². The zero-order valence-electron chi connectivity index (χ0n) is 37.9. The highest BCUT2D eigenvalue weighted by molar-refractivity contribution is 7.91. The number of allylic oxidation sites excluding steroid dienone is 2. The van der Waals surface area contributed by atoms with Crippen LogP contribution in [0.5, 0.6) is 17.4 Å². The van der Waals surface area contributed by atoms with Crippen LogP contribution in [0.15, 0.2) is 36.5 Å². The van der Waals surface area contributed by atoms with E-state index >= 15 is 0 Å². The number of carbonyl (C=O) groups is 4. The van der Waals surface area contributed by atoms with Gasteiger partial charge in [-0.15, -0.1) is 0 Å². The second-order valence-corrected chi connectivity index (χ2v) is 18.4. The summed E-state index contributed by atoms with van der Waals surface area (Å²) in [5.41, 5.74) is 2.95. The summed E-state index contributed by atoms with van der Waals surface area (Å²) in [7, 11) is -3.41. The van der Waals surface area contributed by atoms with Crippen molar-refractivity contribution < 1.29 is 64.0 Å². The van der Waals surface area contributed by atoms with Gasteiger partial charge in [-0.25, -0.2) is 18.2 Å². The number of hydrogen-bond donors (Lipinski definition) is 3. The van der Waals surface area contributed by atoms with Crippen molar-refractivity contribution in [3.05, 3.63) is 36.5 Å². The van der Waals surface area contributed by atoms with Crippen LogP contribution in [-0.4, -0.2) is 96.6 Å². The molecule has 1 unspecified atom stereocenters. The van der Waals surface area contributed by atoms with E-state index < -0.39 is 74.5 Å². The number of halogens is 3. The van der Waals surface area contributed by atoms with Gasteiger partial charge in [0.05, 0.1) is 11.3 Å². The lowest BCUT2D eigenvalue weighted by Crippen LogP contribution is -2.57. The Morgan fingerprint density at radius 3 is 2.32 bits per heavy atom. The average Bonchev–Trinajstić information content (AvgIpc) is 3.95. The lowest BCUT2D eigenvalue weighted by atomic mass is 9.85. The van der Waals surface area contributed by atoms with Gasteiger partial charge in [0.15, 0.2) is 11.5 Å². The number of aromatic nitrogens is 1. The number of alkyl halides is 3. The molecule has 5 rings (SSSR count). The number of ether oxygens (including phenoxy) is 4. The van der Waals surface area contributed by atoms with E-state index in [2.05, 4.69) is 15.0 Å². The largest absolute Gasteiger partial charge is 0.486 e. The molecule has 3 heterocycles. The topological polar surface area (TPSA) is 206 Å². The fourth-order valence-corrected chi connectivity index (χ4v) is 9.07. The average molecular weight is 920 g/mol. The molecule has 2 fully saturated rings. The number of primary amides is 1. The molecule has 1 saturated carbocycles. The van der Waals surface area contributed by atoms with Gasteiger partial charge in [-0.1, -0.05) is 60.1 Å². The van der Waals surface area contributed by atoms with Gasteiger partial charge in [-0.2, -0.15) is 13.2 Å². The molecule has 1 aromatic heterocycles. The van der Waals surface area contributed by atoms with Crippen LogP contribution in [0.2, 0.25) is 0 Å². The third-order valence-electron chi connectivity index (χ3n) is 11.5. The van der Waals surface area contributed by atoms with Crippen LogP contribution < -0.4 is 30.0 Å². The zero-order chi connectivity index (χ0) is 47.3. The fourth-order valence-electron chi connectivity index (χ4n) is 7.39. The molecule has 1 aliphatic carbocycles. The van der Waals surface area contributed by atoms with Gasteiger partial charge >= 0.3 is 12.3 Å². The number of nitrogens with two attached hydrogens (primary N) is 1. The Hall–Kier alpha value is -4.81. The van der Waals surface area contributed by atoms with E-state index in [1.807, 2.05) is 53.7 Å². The third kappa shape index (κ3) is 13.4. The molecule has 0 radical (unpaired) electrons. The maximum atomic E-state index is 14.3. The van der Waals surface area contributed by atoms with Crippen molar-refractivity contribution in [1.82, 2.24) is 19.9 Å². The van der Waals surface area contributed by atoms with Gasteiger partial charge in [-0.3, -0.25) is 19.1 Å². The van der Waals surface area contributed by atoms with E-state index in [0.717, 1.165) is 26.7 Å². The number of rotatable bonds is 17. The molecule has 63 heavy (non-hydrogen) atoms. The number of alkyl carbamates (subject to hydrolysis) is 1. The Balaban J connectivity index is 0.00000201. The molecule has 360 valence electrons. The van der Waals surface area contributed by atoms with Gasteiger partial charge < -0.3 is 34.9 Å². The van der Waals surface area contributed by atoms with Gasteiger partial charge in [0.25, 0.3) is 0 Å². The number of hydrogen-bond acceptors (Lipinski definition) is 11. The third-order valence-corrected chi connectivity index (χ3v) is 13.8. The monoisotopic (exact) mass is 919 g/mol. The Labute approximate surface area is 373 Å². The van der Waals surface area contributed by atoms with Crippen LogP contribution >= 0.6 is 0 Å². The van der Waals surface area contributed by atoms with Gasteiger partial charge in [-0.05, 0) is 89.3 Å². The van der Waals surface area contributed by atoms with Crippen LogP contribution in [0.1, 0.15) is 124 Å². The van der Waals surface area contributed by atoms with Crippen molar-refractivity contribution in [1.29, 1.82) is 0 Å². The van der Waals surface area contributed by atoms with Crippen LogP contribution in [0.25, 0.3) is 10.8 Å². The Bertz CT molecular complexity index is 2040. The number of pyridine rings is 1. The van der Waals surface area contributed by atoms with Crippen molar-refractivity contribution in [2.24, 2.45) is 17.6 Å². The Kier molecular flexibility index (Phi) is 18.9. The molecule has 19 heteroatoms. The standard InChI is InChI=1S/C34H45F3N4O7.C8H15NO3S.C2H6.3H2/c1-6-8-9-10-20(3)17-21(7-2)27(40-32(44)48-33(4,5)34(35,36)37)31(43)41-19-22(18-25(41)29(38)42)47-30-24-11-12-26-28(46-16-15-45-26)23(24)13-14-39-30;1-3-7(10)9-13(11,12)8(4-2)5-6-8;1-2;;;/h6,8,11-14,20-22,25,27H,7,9-10,15-19H2,1-5H3,(H2,38,42)(H,40,44);3-6H2,1-2H3,(H,9,10);1-2H3;3*1H/b8-6-;;;;;/t20-,21+,22+,25-,27?;;;;;/m0...../s1. The number of carbonyl (C=O) groups excluding carboxylic acids is 4. The second-order valence-electron chi connectivity index (χ2n) is 16.3. The normalized spacial score (nSPS) is 19.3. The zero-order valence-corrected chi connectivity index (χ0v) is 38.7. The molecule has 2 aromatic rings. The lowest BCUT2D eigenvalue weighted by Gasteiger charge is -2.34. The molecule has 1 saturated heterocycles. The highest BCUT2D eigenvalue weighted by Gasteiger charge is 2.54. The number of amides is 4. The Morgan fingerprint density at radius 1 is 1.08 bits per heavy atom. The van der Waals surface area contributed by atoms with Crippen molar-refractivity contribution in [3.63, 3.8) is 0 Å². The maximum Gasteiger partial charge on any atom is 0.427 e. The minimum absolute atomic E-state index is 0. The molecule has 1 aromatic carbocycles. The van der Waals surface area contributed by atoms with Crippen molar-refractivity contribution in [2.45, 2.75) is 155 Å². The molecule has 4 N–H and O–H groups in total. The molecule has 15 nitrogen and oxygen atoms in total. The lowest BCUT2D eigenvalue weighted by molar-refractivity contribution is -0.244. The summed E-state index contributed by atoms with van der Waals surface area (Å²) in [5, 5.41) is 3.78. The molecule has 4 amide bonds. The maximum absolute atomic E-state index is 14.3. The molecular weight excluding hydrogens is 848 g/mol. The summed E-state index contributed by atoms with van der Waals surface area (Å²) in [6.45, 7) is 15.4. The van der Waals surface area contributed by atoms with Crippen LogP contribution in [0, 0.1) is 11.8 Å². The minimum atomic E-state index is -4.85. The smallest absolute Gasteiger partial charge is 0.427 e. The highest BCUT2D eigenvalue weighted by atomic mass is 32.2. The summed E-state index contributed by atoms with van der Waals surface area (Å²) in [4.78, 5) is 56.5. The van der Waals surface area contributed by atoms with Gasteiger partial charge in [0.2, 0.25) is 39.2 Å². The first-order chi connectivity index (χ1) is 29.6. The number of benzene rings is 1. The summed E-state index contributed by atoms with van der Waals surface area (Å²) >= 11 is 0. The van der Waals surface area contributed by atoms with E-state index in [1.165, 1.54) is 4.90 Å². The number of nitrogens with zero attached hydrogens (tertiary/aromatic N) is 2. The number of fused-ring (bicyclic) bond motifs is 3. The molecular formula is C44H72F3N5O10S. The summed E-state index contributed by atoms with van der Waals surface area (Å²) in [5.74, 6) is -0.831.